The molecule has 30 heavy (non-hydrogen) atoms. The Hall–Kier alpha value is -1.56. The molecule has 2 heterocycles. The molecule has 164 valence electrons. The Balaban J connectivity index is 1.11. The molecule has 2 saturated carbocycles. The SMILES string of the molecule is O=C(CN1CCC(CN2C(=O)C3C4C=CC(CC4)C3C2=O)CC1)C1CCC(F)CC1. The molecule has 6 heteroatoms. The van der Waals surface area contributed by atoms with Crippen molar-refractivity contribution in [1.82, 2.24) is 9.80 Å². The van der Waals surface area contributed by atoms with Crippen LogP contribution in [0.1, 0.15) is 51.4 Å². The van der Waals surface area contributed by atoms with Crippen LogP contribution in [0.4, 0.5) is 4.39 Å². The maximum absolute atomic E-state index is 13.3. The molecule has 0 aromatic rings. The summed E-state index contributed by atoms with van der Waals surface area (Å²) in [6, 6.07) is 0. The van der Waals surface area contributed by atoms with E-state index in [2.05, 4.69) is 17.1 Å². The summed E-state index contributed by atoms with van der Waals surface area (Å²) in [5.41, 5.74) is 0. The molecule has 0 N–H and O–H groups in total. The molecule has 5 nitrogen and oxygen atoms in total. The third-order valence-corrected chi connectivity index (χ3v) is 8.49. The second-order valence-electron chi connectivity index (χ2n) is 10.3. The number of imide groups is 1. The number of likely N-dealkylation sites (tertiary alicyclic amines) is 2. The van der Waals surface area contributed by atoms with Crippen molar-refractivity contribution in [3.05, 3.63) is 12.2 Å². The molecule has 6 rings (SSSR count). The molecule has 4 unspecified atom stereocenters. The number of carbonyl (C=O) groups is 3. The molecule has 4 atom stereocenters. The van der Waals surface area contributed by atoms with Crippen LogP contribution in [-0.2, 0) is 14.4 Å². The quantitative estimate of drug-likeness (QED) is 0.511. The number of carbonyl (C=O) groups excluding carboxylic acids is 3. The standard InChI is InChI=1S/C24H33FN2O3/c25-19-7-5-16(6-8-19)20(28)14-26-11-9-15(10-12-26)13-27-23(29)21-17-1-2-18(4-3-17)22(21)24(27)30/h1-2,15-19,21-22H,3-14H2. The largest absolute Gasteiger partial charge is 0.298 e. The van der Waals surface area contributed by atoms with Gasteiger partial charge in [0.05, 0.1) is 18.4 Å². The van der Waals surface area contributed by atoms with Gasteiger partial charge >= 0.3 is 0 Å². The van der Waals surface area contributed by atoms with Gasteiger partial charge < -0.3 is 0 Å². The second kappa shape index (κ2) is 8.18. The molecule has 2 amide bonds. The van der Waals surface area contributed by atoms with E-state index in [0.29, 0.717) is 44.7 Å². The number of Topliss-reactive ketones (excluding diaryl/α,β-unsaturated/α-hetero) is 1. The number of hydrogen-bond donors (Lipinski definition) is 0. The predicted molar refractivity (Wildman–Crippen MR) is 110 cm³/mol. The van der Waals surface area contributed by atoms with Crippen LogP contribution in [0.25, 0.3) is 0 Å². The minimum atomic E-state index is -0.726. The summed E-state index contributed by atoms with van der Waals surface area (Å²) >= 11 is 0. The van der Waals surface area contributed by atoms with Crippen LogP contribution in [0.2, 0.25) is 0 Å². The lowest BCUT2D eigenvalue weighted by atomic mass is 9.63. The first-order chi connectivity index (χ1) is 14.5. The van der Waals surface area contributed by atoms with E-state index >= 15 is 0 Å². The fourth-order valence-corrected chi connectivity index (χ4v) is 6.63. The van der Waals surface area contributed by atoms with E-state index in [0.717, 1.165) is 38.8 Å². The van der Waals surface area contributed by atoms with E-state index in [9.17, 15) is 18.8 Å². The van der Waals surface area contributed by atoms with Gasteiger partial charge in [-0.15, -0.1) is 0 Å². The topological polar surface area (TPSA) is 57.7 Å². The third kappa shape index (κ3) is 3.65. The van der Waals surface area contributed by atoms with Gasteiger partial charge in [0, 0.05) is 12.5 Å². The molecule has 6 aliphatic rings. The van der Waals surface area contributed by atoms with Crippen LogP contribution in [0, 0.1) is 35.5 Å². The zero-order chi connectivity index (χ0) is 20.8. The van der Waals surface area contributed by atoms with E-state index < -0.39 is 6.17 Å². The maximum Gasteiger partial charge on any atom is 0.233 e. The minimum absolute atomic E-state index is 0.0295. The Morgan fingerprint density at radius 2 is 1.43 bits per heavy atom. The van der Waals surface area contributed by atoms with Crippen molar-refractivity contribution in [2.45, 2.75) is 57.5 Å². The number of piperidine rings is 1. The number of hydrogen-bond acceptors (Lipinski definition) is 4. The number of rotatable bonds is 5. The van der Waals surface area contributed by atoms with E-state index in [4.69, 9.17) is 0 Å². The molecular formula is C24H33FN2O3. The summed E-state index contributed by atoms with van der Waals surface area (Å²) in [4.78, 5) is 42.4. The van der Waals surface area contributed by atoms with Gasteiger partial charge in [0.1, 0.15) is 12.0 Å². The number of nitrogens with zero attached hydrogens (tertiary/aromatic N) is 2. The van der Waals surface area contributed by atoms with Gasteiger partial charge in [-0.3, -0.25) is 24.2 Å². The number of fused-ring (bicyclic) bond motifs is 1. The third-order valence-electron chi connectivity index (χ3n) is 8.49. The van der Waals surface area contributed by atoms with Gasteiger partial charge in [-0.2, -0.15) is 0 Å². The molecule has 4 fully saturated rings. The highest BCUT2D eigenvalue weighted by Gasteiger charge is 2.56. The summed E-state index contributed by atoms with van der Waals surface area (Å²) < 4.78 is 13.3. The number of allylic oxidation sites excluding steroid dienone is 2. The van der Waals surface area contributed by atoms with Crippen LogP contribution in [0.15, 0.2) is 12.2 Å². The van der Waals surface area contributed by atoms with E-state index in [1.54, 1.807) is 4.90 Å². The Morgan fingerprint density at radius 3 is 1.97 bits per heavy atom. The fraction of sp³-hybridized carbons (Fsp3) is 0.792. The van der Waals surface area contributed by atoms with Crippen molar-refractivity contribution in [2.75, 3.05) is 26.2 Å². The van der Waals surface area contributed by atoms with Crippen molar-refractivity contribution in [2.24, 2.45) is 35.5 Å². The van der Waals surface area contributed by atoms with E-state index in [-0.39, 0.29) is 47.2 Å². The highest BCUT2D eigenvalue weighted by molar-refractivity contribution is 6.06. The summed E-state index contributed by atoms with van der Waals surface area (Å²) in [6.07, 6.45) is 9.94. The zero-order valence-electron chi connectivity index (χ0n) is 17.7. The predicted octanol–water partition coefficient (Wildman–Crippen LogP) is 2.99. The average Bonchev–Trinajstić information content (AvgIpc) is 3.03. The molecule has 2 saturated heterocycles. The molecular weight excluding hydrogens is 383 g/mol. The van der Waals surface area contributed by atoms with Crippen LogP contribution in [0.5, 0.6) is 0 Å². The molecule has 4 aliphatic carbocycles. The van der Waals surface area contributed by atoms with E-state index in [1.165, 1.54) is 0 Å². The molecule has 2 aliphatic heterocycles. The van der Waals surface area contributed by atoms with Gasteiger partial charge in [-0.05, 0) is 82.2 Å². The van der Waals surface area contributed by atoms with Crippen LogP contribution >= 0.6 is 0 Å². The first kappa shape index (κ1) is 20.3. The van der Waals surface area contributed by atoms with Crippen molar-refractivity contribution in [3.8, 4) is 0 Å². The number of amides is 2. The molecule has 0 radical (unpaired) electrons. The fourth-order valence-electron chi connectivity index (χ4n) is 6.63. The van der Waals surface area contributed by atoms with Gasteiger partial charge in [-0.25, -0.2) is 4.39 Å². The summed E-state index contributed by atoms with van der Waals surface area (Å²) in [6.45, 7) is 2.69. The lowest BCUT2D eigenvalue weighted by Gasteiger charge is -2.38. The van der Waals surface area contributed by atoms with Gasteiger partial charge in [0.2, 0.25) is 11.8 Å². The van der Waals surface area contributed by atoms with Gasteiger partial charge in [0.15, 0.2) is 0 Å². The van der Waals surface area contributed by atoms with Crippen molar-refractivity contribution in [1.29, 1.82) is 0 Å². The second-order valence-corrected chi connectivity index (χ2v) is 10.3. The van der Waals surface area contributed by atoms with E-state index in [1.807, 2.05) is 0 Å². The number of alkyl halides is 1. The number of ketones is 1. The Kier molecular flexibility index (Phi) is 5.55. The first-order valence-electron chi connectivity index (χ1n) is 11.9. The molecule has 2 bridgehead atoms. The van der Waals surface area contributed by atoms with Gasteiger partial charge in [-0.1, -0.05) is 12.2 Å². The zero-order valence-corrected chi connectivity index (χ0v) is 17.7. The molecule has 0 aromatic heterocycles. The van der Waals surface area contributed by atoms with Gasteiger partial charge in [0.25, 0.3) is 0 Å². The lowest BCUT2D eigenvalue weighted by Crippen LogP contribution is -2.43. The Bertz CT molecular complexity index is 705. The van der Waals surface area contributed by atoms with Crippen molar-refractivity contribution in [3.63, 3.8) is 0 Å². The summed E-state index contributed by atoms with van der Waals surface area (Å²) in [5, 5.41) is 0. The average molecular weight is 417 g/mol. The minimum Gasteiger partial charge on any atom is -0.298 e. The first-order valence-corrected chi connectivity index (χ1v) is 11.9. The highest BCUT2D eigenvalue weighted by Crippen LogP contribution is 2.49. The molecule has 0 spiro atoms. The smallest absolute Gasteiger partial charge is 0.233 e. The van der Waals surface area contributed by atoms with Crippen LogP contribution in [-0.4, -0.2) is 59.7 Å². The van der Waals surface area contributed by atoms with Crippen LogP contribution in [0.3, 0.4) is 0 Å². The maximum atomic E-state index is 13.3. The van der Waals surface area contributed by atoms with Crippen LogP contribution < -0.4 is 0 Å². The normalized spacial score (nSPS) is 39.6. The highest BCUT2D eigenvalue weighted by atomic mass is 19.1. The van der Waals surface area contributed by atoms with Crippen molar-refractivity contribution >= 4 is 17.6 Å². The Labute approximate surface area is 178 Å². The Morgan fingerprint density at radius 1 is 0.867 bits per heavy atom. The lowest BCUT2D eigenvalue weighted by molar-refractivity contribution is -0.141. The molecule has 0 aromatic carbocycles. The summed E-state index contributed by atoms with van der Waals surface area (Å²) in [7, 11) is 0. The number of halogens is 1. The van der Waals surface area contributed by atoms with Crippen molar-refractivity contribution < 1.29 is 18.8 Å². The summed E-state index contributed by atoms with van der Waals surface area (Å²) in [5.74, 6) is 1.02. The monoisotopic (exact) mass is 416 g/mol.